The van der Waals surface area contributed by atoms with Crippen LogP contribution < -0.4 is 11.1 Å². The molecule has 2 rings (SSSR count). The van der Waals surface area contributed by atoms with E-state index in [9.17, 15) is 8.78 Å². The number of thiophene rings is 1. The molecule has 1 atom stereocenters. The molecule has 0 saturated carbocycles. The molecule has 0 spiro atoms. The second-order valence-corrected chi connectivity index (χ2v) is 6.75. The van der Waals surface area contributed by atoms with Crippen molar-refractivity contribution in [1.29, 1.82) is 0 Å². The molecule has 1 aromatic heterocycles. The number of rotatable bonds is 5. The number of nitrogens with two attached hydrogens (primary N) is 1. The second kappa shape index (κ2) is 6.49. The van der Waals surface area contributed by atoms with Gasteiger partial charge in [-0.2, -0.15) is 0 Å². The zero-order chi connectivity index (χ0) is 15.6. The molecule has 0 fully saturated rings. The average Bonchev–Trinajstić information content (AvgIpc) is 2.78. The van der Waals surface area contributed by atoms with Crippen molar-refractivity contribution >= 4 is 34.2 Å². The molecule has 0 aliphatic rings. The van der Waals surface area contributed by atoms with E-state index in [0.29, 0.717) is 6.42 Å². The summed E-state index contributed by atoms with van der Waals surface area (Å²) >= 11 is 6.41. The molecule has 0 radical (unpaired) electrons. The van der Waals surface area contributed by atoms with Gasteiger partial charge in [-0.15, -0.1) is 11.3 Å². The van der Waals surface area contributed by atoms with Crippen LogP contribution in [0.2, 0.25) is 0 Å². The van der Waals surface area contributed by atoms with Crippen molar-refractivity contribution < 1.29 is 8.78 Å². The fraction of sp³-hybridized carbons (Fsp3) is 0.267. The number of aryl methyl sites for hydroxylation is 1. The molecular formula is C15H16F2N2S2. The molecule has 21 heavy (non-hydrogen) atoms. The van der Waals surface area contributed by atoms with Crippen LogP contribution in [0, 0.1) is 18.6 Å². The van der Waals surface area contributed by atoms with Gasteiger partial charge in [0.15, 0.2) is 0 Å². The van der Waals surface area contributed by atoms with Gasteiger partial charge in [0, 0.05) is 27.8 Å². The van der Waals surface area contributed by atoms with Gasteiger partial charge in [-0.05, 0) is 38.1 Å². The number of nitrogens with one attached hydrogen (secondary N) is 1. The highest BCUT2D eigenvalue weighted by molar-refractivity contribution is 7.80. The Morgan fingerprint density at radius 3 is 2.43 bits per heavy atom. The SMILES string of the molecule is Cc1ccc(CC(C)Nc2c(F)cc(C(N)=S)cc2F)s1. The Balaban J connectivity index is 2.13. The predicted octanol–water partition coefficient (Wildman–Crippen LogP) is 4.01. The first kappa shape index (κ1) is 15.9. The molecule has 0 amide bonds. The quantitative estimate of drug-likeness (QED) is 0.815. The minimum absolute atomic E-state index is 0.0264. The first-order valence-corrected chi connectivity index (χ1v) is 7.70. The molecule has 0 aliphatic heterocycles. The van der Waals surface area contributed by atoms with E-state index >= 15 is 0 Å². The minimum Gasteiger partial charge on any atom is -0.389 e. The highest BCUT2D eigenvalue weighted by atomic mass is 32.1. The van der Waals surface area contributed by atoms with Gasteiger partial charge in [-0.1, -0.05) is 12.2 Å². The number of hydrogen-bond acceptors (Lipinski definition) is 3. The Bertz CT molecular complexity index is 644. The summed E-state index contributed by atoms with van der Waals surface area (Å²) in [7, 11) is 0. The predicted molar refractivity (Wildman–Crippen MR) is 88.1 cm³/mol. The van der Waals surface area contributed by atoms with Crippen LogP contribution in [0.5, 0.6) is 0 Å². The lowest BCUT2D eigenvalue weighted by molar-refractivity contribution is 0.582. The Morgan fingerprint density at radius 2 is 1.95 bits per heavy atom. The maximum Gasteiger partial charge on any atom is 0.150 e. The Kier molecular flexibility index (Phi) is 4.90. The number of hydrogen-bond donors (Lipinski definition) is 2. The highest BCUT2D eigenvalue weighted by Gasteiger charge is 2.15. The number of benzene rings is 1. The normalized spacial score (nSPS) is 12.2. The van der Waals surface area contributed by atoms with Crippen molar-refractivity contribution in [3.8, 4) is 0 Å². The van der Waals surface area contributed by atoms with E-state index in [0.717, 1.165) is 12.1 Å². The van der Waals surface area contributed by atoms with Gasteiger partial charge in [-0.25, -0.2) is 8.78 Å². The van der Waals surface area contributed by atoms with Crippen LogP contribution in [0.1, 0.15) is 22.2 Å². The monoisotopic (exact) mass is 326 g/mol. The van der Waals surface area contributed by atoms with Gasteiger partial charge in [-0.3, -0.25) is 0 Å². The third-order valence-electron chi connectivity index (χ3n) is 3.02. The molecule has 112 valence electrons. The zero-order valence-electron chi connectivity index (χ0n) is 11.7. The summed E-state index contributed by atoms with van der Waals surface area (Å²) in [6.45, 7) is 3.91. The van der Waals surface area contributed by atoms with E-state index in [1.54, 1.807) is 11.3 Å². The van der Waals surface area contributed by atoms with Crippen molar-refractivity contribution in [3.63, 3.8) is 0 Å². The largest absolute Gasteiger partial charge is 0.389 e. The molecule has 0 aliphatic carbocycles. The Morgan fingerprint density at radius 1 is 1.33 bits per heavy atom. The van der Waals surface area contributed by atoms with Crippen LogP contribution in [0.25, 0.3) is 0 Å². The van der Waals surface area contributed by atoms with Gasteiger partial charge in [0.25, 0.3) is 0 Å². The minimum atomic E-state index is -0.688. The highest BCUT2D eigenvalue weighted by Crippen LogP contribution is 2.23. The summed E-state index contributed by atoms with van der Waals surface area (Å²) in [5.41, 5.74) is 5.43. The summed E-state index contributed by atoms with van der Waals surface area (Å²) in [5, 5.41) is 2.87. The average molecular weight is 326 g/mol. The molecular weight excluding hydrogens is 310 g/mol. The van der Waals surface area contributed by atoms with Gasteiger partial charge in [0.05, 0.1) is 0 Å². The fourth-order valence-electron chi connectivity index (χ4n) is 2.05. The van der Waals surface area contributed by atoms with E-state index < -0.39 is 11.6 Å². The third kappa shape index (κ3) is 3.98. The van der Waals surface area contributed by atoms with Gasteiger partial charge >= 0.3 is 0 Å². The fourth-order valence-corrected chi connectivity index (χ4v) is 3.18. The zero-order valence-corrected chi connectivity index (χ0v) is 13.4. The molecule has 0 saturated heterocycles. The van der Waals surface area contributed by atoms with Gasteiger partial charge in [0.2, 0.25) is 0 Å². The molecule has 3 N–H and O–H groups in total. The van der Waals surface area contributed by atoms with Crippen LogP contribution in [0.3, 0.4) is 0 Å². The van der Waals surface area contributed by atoms with Gasteiger partial charge in [0.1, 0.15) is 22.3 Å². The lowest BCUT2D eigenvalue weighted by atomic mass is 10.1. The van der Waals surface area contributed by atoms with Crippen LogP contribution >= 0.6 is 23.6 Å². The van der Waals surface area contributed by atoms with E-state index in [1.165, 1.54) is 9.75 Å². The standard InChI is InChI=1S/C15H16F2N2S2/c1-8(5-11-4-3-9(2)21-11)19-14-12(16)6-10(15(18)20)7-13(14)17/h3-4,6-8,19H,5H2,1-2H3,(H2,18,20). The van der Waals surface area contributed by atoms with Crippen LogP contribution in [0.15, 0.2) is 24.3 Å². The lowest BCUT2D eigenvalue weighted by Crippen LogP contribution is -2.20. The summed E-state index contributed by atoms with van der Waals surface area (Å²) in [4.78, 5) is 2.37. The van der Waals surface area contributed by atoms with Crippen molar-refractivity contribution in [2.45, 2.75) is 26.3 Å². The first-order valence-electron chi connectivity index (χ1n) is 6.47. The number of thiocarbonyl (C=S) groups is 1. The smallest absolute Gasteiger partial charge is 0.150 e. The van der Waals surface area contributed by atoms with E-state index in [4.69, 9.17) is 18.0 Å². The number of anilines is 1. The molecule has 1 aromatic carbocycles. The summed E-state index contributed by atoms with van der Waals surface area (Å²) in [6.07, 6.45) is 0.703. The van der Waals surface area contributed by atoms with E-state index in [-0.39, 0.29) is 22.3 Å². The van der Waals surface area contributed by atoms with E-state index in [1.807, 2.05) is 26.0 Å². The second-order valence-electron chi connectivity index (χ2n) is 4.94. The topological polar surface area (TPSA) is 38.0 Å². The third-order valence-corrected chi connectivity index (χ3v) is 4.28. The molecule has 1 unspecified atom stereocenters. The van der Waals surface area contributed by atoms with Crippen molar-refractivity contribution in [1.82, 2.24) is 0 Å². The van der Waals surface area contributed by atoms with Crippen LogP contribution in [-0.2, 0) is 6.42 Å². The summed E-state index contributed by atoms with van der Waals surface area (Å²) in [5.74, 6) is -1.38. The Hall–Kier alpha value is -1.53. The van der Waals surface area contributed by atoms with Crippen molar-refractivity contribution in [2.24, 2.45) is 5.73 Å². The van der Waals surface area contributed by atoms with Crippen LogP contribution in [-0.4, -0.2) is 11.0 Å². The molecule has 2 aromatic rings. The molecule has 6 heteroatoms. The maximum absolute atomic E-state index is 14.0. The number of halogens is 2. The molecule has 2 nitrogen and oxygen atoms in total. The molecule has 1 heterocycles. The maximum atomic E-state index is 14.0. The van der Waals surface area contributed by atoms with Crippen LogP contribution in [0.4, 0.5) is 14.5 Å². The van der Waals surface area contributed by atoms with E-state index in [2.05, 4.69) is 5.32 Å². The summed E-state index contributed by atoms with van der Waals surface area (Å²) in [6, 6.07) is 6.26. The Labute approximate surface area is 132 Å². The van der Waals surface area contributed by atoms with Crippen molar-refractivity contribution in [3.05, 3.63) is 51.2 Å². The molecule has 0 bridgehead atoms. The van der Waals surface area contributed by atoms with Crippen molar-refractivity contribution in [2.75, 3.05) is 5.32 Å². The summed E-state index contributed by atoms with van der Waals surface area (Å²) < 4.78 is 27.9. The van der Waals surface area contributed by atoms with Gasteiger partial charge < -0.3 is 11.1 Å². The first-order chi connectivity index (χ1) is 9.86. The lowest BCUT2D eigenvalue weighted by Gasteiger charge is -2.16.